The van der Waals surface area contributed by atoms with E-state index in [9.17, 15) is 4.79 Å². The van der Waals surface area contributed by atoms with E-state index in [0.717, 1.165) is 12.1 Å². The average molecular weight is 126 g/mol. The summed E-state index contributed by atoms with van der Waals surface area (Å²) in [6.07, 6.45) is 0.932. The van der Waals surface area contributed by atoms with Gasteiger partial charge < -0.3 is 5.32 Å². The minimum Gasteiger partial charge on any atom is -0.328 e. The van der Waals surface area contributed by atoms with Gasteiger partial charge in [0, 0.05) is 5.71 Å². The first-order chi connectivity index (χ1) is 4.24. The highest BCUT2D eigenvalue weighted by molar-refractivity contribution is 6.03. The second kappa shape index (κ2) is 2.17. The Labute approximate surface area is 54.2 Å². The van der Waals surface area contributed by atoms with Gasteiger partial charge in [-0.05, 0) is 13.3 Å². The number of amides is 2. The number of nitrogens with one attached hydrogen (secondary N) is 1. The van der Waals surface area contributed by atoms with Gasteiger partial charge in [0.2, 0.25) is 0 Å². The van der Waals surface area contributed by atoms with E-state index in [2.05, 4.69) is 10.3 Å². The predicted molar refractivity (Wildman–Crippen MR) is 35.7 cm³/mol. The average Bonchev–Trinajstić information content (AvgIpc) is 2.10. The van der Waals surface area contributed by atoms with E-state index >= 15 is 0 Å². The van der Waals surface area contributed by atoms with E-state index in [1.807, 2.05) is 13.8 Å². The highest BCUT2D eigenvalue weighted by Crippen LogP contribution is 2.02. The number of rotatable bonds is 1. The molecule has 1 rings (SSSR count). The van der Waals surface area contributed by atoms with Gasteiger partial charge in [-0.2, -0.15) is 0 Å². The molecule has 1 atom stereocenters. The van der Waals surface area contributed by atoms with Gasteiger partial charge >= 0.3 is 6.03 Å². The minimum atomic E-state index is -0.195. The monoisotopic (exact) mass is 126 g/mol. The molecule has 0 radical (unpaired) electrons. The van der Waals surface area contributed by atoms with Crippen molar-refractivity contribution in [3.05, 3.63) is 0 Å². The summed E-state index contributed by atoms with van der Waals surface area (Å²) in [7, 11) is 0. The quantitative estimate of drug-likeness (QED) is 0.558. The van der Waals surface area contributed by atoms with Crippen molar-refractivity contribution in [1.29, 1.82) is 0 Å². The van der Waals surface area contributed by atoms with Crippen LogP contribution in [-0.4, -0.2) is 17.8 Å². The third-order valence-electron chi connectivity index (χ3n) is 1.49. The number of hydrogen-bond acceptors (Lipinski definition) is 1. The fourth-order valence-corrected chi connectivity index (χ4v) is 0.921. The number of nitrogens with zero attached hydrogens (tertiary/aromatic N) is 1. The number of carbonyl (C=O) groups is 1. The van der Waals surface area contributed by atoms with Crippen molar-refractivity contribution in [3.63, 3.8) is 0 Å². The lowest BCUT2D eigenvalue weighted by Gasteiger charge is -2.04. The summed E-state index contributed by atoms with van der Waals surface area (Å²) in [6.45, 7) is 3.89. The number of aliphatic imine (C=N–C) groups is 1. The highest BCUT2D eigenvalue weighted by atomic mass is 16.2. The van der Waals surface area contributed by atoms with E-state index in [1.165, 1.54) is 0 Å². The molecular formula is C6H10N2O. The Bertz CT molecular complexity index is 162. The van der Waals surface area contributed by atoms with Crippen molar-refractivity contribution < 1.29 is 4.79 Å². The summed E-state index contributed by atoms with van der Waals surface area (Å²) in [6, 6.07) is -0.00292. The molecule has 3 heteroatoms. The Balaban J connectivity index is 2.64. The van der Waals surface area contributed by atoms with Crippen LogP contribution in [0.15, 0.2) is 4.99 Å². The van der Waals surface area contributed by atoms with Crippen LogP contribution in [0.1, 0.15) is 20.3 Å². The van der Waals surface area contributed by atoms with Crippen LogP contribution >= 0.6 is 0 Å². The van der Waals surface area contributed by atoms with E-state index < -0.39 is 0 Å². The first-order valence-corrected chi connectivity index (χ1v) is 3.09. The normalized spacial score (nSPS) is 25.8. The Morgan fingerprint density at radius 1 is 1.78 bits per heavy atom. The summed E-state index contributed by atoms with van der Waals surface area (Å²) in [5.41, 5.74) is 0.905. The van der Waals surface area contributed by atoms with E-state index in [-0.39, 0.29) is 12.1 Å². The fourth-order valence-electron chi connectivity index (χ4n) is 0.921. The van der Waals surface area contributed by atoms with Crippen molar-refractivity contribution >= 4 is 11.7 Å². The van der Waals surface area contributed by atoms with Gasteiger partial charge in [0.25, 0.3) is 0 Å². The van der Waals surface area contributed by atoms with Crippen LogP contribution in [-0.2, 0) is 0 Å². The molecule has 0 aromatic carbocycles. The zero-order valence-electron chi connectivity index (χ0n) is 5.64. The van der Waals surface area contributed by atoms with Crippen LogP contribution in [0.2, 0.25) is 0 Å². The zero-order valence-corrected chi connectivity index (χ0v) is 5.64. The largest absolute Gasteiger partial charge is 0.341 e. The smallest absolute Gasteiger partial charge is 0.328 e. The molecule has 0 spiro atoms. The molecule has 0 saturated heterocycles. The molecule has 1 aliphatic heterocycles. The molecule has 3 nitrogen and oxygen atoms in total. The SMILES string of the molecule is CCC1NC(=O)N=C1C. The van der Waals surface area contributed by atoms with Crippen molar-refractivity contribution in [1.82, 2.24) is 5.32 Å². The Morgan fingerprint density at radius 3 is 2.67 bits per heavy atom. The summed E-state index contributed by atoms with van der Waals surface area (Å²) in [5, 5.41) is 2.71. The lowest BCUT2D eigenvalue weighted by atomic mass is 10.2. The number of carbonyl (C=O) groups excluding carboxylic acids is 1. The number of urea groups is 1. The molecule has 1 aliphatic rings. The third kappa shape index (κ3) is 1.09. The van der Waals surface area contributed by atoms with Crippen LogP contribution in [0.25, 0.3) is 0 Å². The van der Waals surface area contributed by atoms with Gasteiger partial charge in [-0.25, -0.2) is 9.79 Å². The topological polar surface area (TPSA) is 41.5 Å². The Morgan fingerprint density at radius 2 is 2.44 bits per heavy atom. The first kappa shape index (κ1) is 6.26. The molecule has 0 aromatic rings. The first-order valence-electron chi connectivity index (χ1n) is 3.09. The summed E-state index contributed by atoms with van der Waals surface area (Å²) < 4.78 is 0. The van der Waals surface area contributed by atoms with Gasteiger partial charge in [0.05, 0.1) is 6.04 Å². The lowest BCUT2D eigenvalue weighted by Crippen LogP contribution is -2.29. The molecule has 1 unspecified atom stereocenters. The molecule has 0 bridgehead atoms. The van der Waals surface area contributed by atoms with Gasteiger partial charge in [-0.15, -0.1) is 0 Å². The Kier molecular flexibility index (Phi) is 1.51. The van der Waals surface area contributed by atoms with Gasteiger partial charge in [0.15, 0.2) is 0 Å². The fraction of sp³-hybridized carbons (Fsp3) is 0.667. The zero-order chi connectivity index (χ0) is 6.85. The maximum atomic E-state index is 10.5. The molecule has 0 aliphatic carbocycles. The van der Waals surface area contributed by atoms with Crippen molar-refractivity contribution in [2.24, 2.45) is 4.99 Å². The van der Waals surface area contributed by atoms with Gasteiger partial charge in [-0.1, -0.05) is 6.92 Å². The highest BCUT2D eigenvalue weighted by Gasteiger charge is 2.19. The molecule has 1 heterocycles. The van der Waals surface area contributed by atoms with E-state index in [4.69, 9.17) is 0 Å². The third-order valence-corrected chi connectivity index (χ3v) is 1.49. The summed E-state index contributed by atoms with van der Waals surface area (Å²) >= 11 is 0. The van der Waals surface area contributed by atoms with Crippen molar-refractivity contribution in [2.75, 3.05) is 0 Å². The van der Waals surface area contributed by atoms with Crippen LogP contribution in [0.4, 0.5) is 4.79 Å². The van der Waals surface area contributed by atoms with Crippen LogP contribution in [0, 0.1) is 0 Å². The van der Waals surface area contributed by atoms with Crippen molar-refractivity contribution in [3.8, 4) is 0 Å². The van der Waals surface area contributed by atoms with E-state index in [1.54, 1.807) is 0 Å². The maximum Gasteiger partial charge on any atom is 0.341 e. The Hall–Kier alpha value is -0.860. The standard InChI is InChI=1S/C6H10N2O/c1-3-5-4(2)7-6(9)8-5/h5H,3H2,1-2H3,(H,8,9). The van der Waals surface area contributed by atoms with Gasteiger partial charge in [-0.3, -0.25) is 0 Å². The maximum absolute atomic E-state index is 10.5. The predicted octanol–water partition coefficient (Wildman–Crippen LogP) is 0.949. The van der Waals surface area contributed by atoms with Crippen LogP contribution < -0.4 is 5.32 Å². The molecule has 50 valence electrons. The van der Waals surface area contributed by atoms with E-state index in [0.29, 0.717) is 0 Å². The molecule has 0 aromatic heterocycles. The van der Waals surface area contributed by atoms with Gasteiger partial charge in [0.1, 0.15) is 0 Å². The molecule has 1 N–H and O–H groups in total. The molecular weight excluding hydrogens is 116 g/mol. The second-order valence-electron chi connectivity index (χ2n) is 2.16. The molecule has 0 fully saturated rings. The number of hydrogen-bond donors (Lipinski definition) is 1. The van der Waals surface area contributed by atoms with Crippen LogP contribution in [0.5, 0.6) is 0 Å². The minimum absolute atomic E-state index is 0.192. The lowest BCUT2D eigenvalue weighted by molar-refractivity contribution is 0.250. The molecule has 0 saturated carbocycles. The molecule has 2 amide bonds. The summed E-state index contributed by atoms with van der Waals surface area (Å²) in [5.74, 6) is 0. The second-order valence-corrected chi connectivity index (χ2v) is 2.16. The molecule has 9 heavy (non-hydrogen) atoms. The van der Waals surface area contributed by atoms with Crippen LogP contribution in [0.3, 0.4) is 0 Å². The van der Waals surface area contributed by atoms with Crippen molar-refractivity contribution in [2.45, 2.75) is 26.3 Å². The summed E-state index contributed by atoms with van der Waals surface area (Å²) in [4.78, 5) is 14.2.